The summed E-state index contributed by atoms with van der Waals surface area (Å²) in [6.45, 7) is 1.45. The molecular formula is C15H15N5O3S. The quantitative estimate of drug-likeness (QED) is 0.470. The van der Waals surface area contributed by atoms with Gasteiger partial charge in [0.15, 0.2) is 5.16 Å². The van der Waals surface area contributed by atoms with Crippen LogP contribution in [0.15, 0.2) is 40.5 Å². The molecule has 0 atom stereocenters. The van der Waals surface area contributed by atoms with Gasteiger partial charge in [0.05, 0.1) is 4.92 Å². The lowest BCUT2D eigenvalue weighted by Crippen LogP contribution is -2.07. The second-order valence-corrected chi connectivity index (χ2v) is 6.41. The van der Waals surface area contributed by atoms with Crippen LogP contribution in [0.4, 0.5) is 17.2 Å². The molecule has 0 bridgehead atoms. The van der Waals surface area contributed by atoms with E-state index >= 15 is 0 Å². The van der Waals surface area contributed by atoms with Gasteiger partial charge < -0.3 is 10.6 Å². The molecule has 3 rings (SSSR count). The zero-order valence-electron chi connectivity index (χ0n) is 12.9. The summed E-state index contributed by atoms with van der Waals surface area (Å²) in [4.78, 5) is 30.8. The molecule has 1 amide bonds. The number of nitrogens with zero attached hydrogens (tertiary/aromatic N) is 3. The lowest BCUT2D eigenvalue weighted by atomic mass is 10.3. The van der Waals surface area contributed by atoms with Crippen molar-refractivity contribution >= 4 is 34.9 Å². The largest absolute Gasteiger partial charge is 0.361 e. The van der Waals surface area contributed by atoms with Gasteiger partial charge in [-0.2, -0.15) is 4.98 Å². The van der Waals surface area contributed by atoms with Crippen LogP contribution in [-0.2, 0) is 4.79 Å². The molecule has 0 aliphatic heterocycles. The van der Waals surface area contributed by atoms with Crippen molar-refractivity contribution in [1.29, 1.82) is 0 Å². The van der Waals surface area contributed by atoms with E-state index in [0.717, 1.165) is 17.7 Å². The van der Waals surface area contributed by atoms with Gasteiger partial charge >= 0.3 is 5.69 Å². The predicted molar refractivity (Wildman–Crippen MR) is 90.2 cm³/mol. The second kappa shape index (κ2) is 6.83. The number of nitrogens with one attached hydrogen (secondary N) is 2. The molecule has 1 aromatic carbocycles. The average molecular weight is 345 g/mol. The molecule has 1 heterocycles. The molecule has 1 fully saturated rings. The number of hydrogen-bond acceptors (Lipinski definition) is 7. The Morgan fingerprint density at radius 3 is 2.62 bits per heavy atom. The van der Waals surface area contributed by atoms with E-state index in [1.165, 1.54) is 24.9 Å². The van der Waals surface area contributed by atoms with Crippen LogP contribution in [0.25, 0.3) is 0 Å². The topological polar surface area (TPSA) is 110 Å². The van der Waals surface area contributed by atoms with Gasteiger partial charge in [-0.1, -0.05) is 0 Å². The molecule has 124 valence electrons. The lowest BCUT2D eigenvalue weighted by Gasteiger charge is -2.07. The summed E-state index contributed by atoms with van der Waals surface area (Å²) in [5.41, 5.74) is 0.583. The van der Waals surface area contributed by atoms with Crippen molar-refractivity contribution < 1.29 is 9.72 Å². The van der Waals surface area contributed by atoms with Gasteiger partial charge in [-0.3, -0.25) is 14.9 Å². The van der Waals surface area contributed by atoms with Crippen LogP contribution in [0, 0.1) is 10.1 Å². The van der Waals surface area contributed by atoms with Crippen LogP contribution in [0.1, 0.15) is 19.8 Å². The normalized spacial score (nSPS) is 13.4. The van der Waals surface area contributed by atoms with E-state index in [1.807, 2.05) is 12.1 Å². The summed E-state index contributed by atoms with van der Waals surface area (Å²) in [7, 11) is 0. The zero-order valence-corrected chi connectivity index (χ0v) is 13.7. The molecule has 1 saturated carbocycles. The minimum Gasteiger partial charge on any atom is -0.361 e. The van der Waals surface area contributed by atoms with Gasteiger partial charge in [-0.25, -0.2) is 4.98 Å². The van der Waals surface area contributed by atoms with E-state index in [9.17, 15) is 14.9 Å². The predicted octanol–water partition coefficient (Wildman–Crippen LogP) is 3.07. The summed E-state index contributed by atoms with van der Waals surface area (Å²) < 4.78 is 0. The van der Waals surface area contributed by atoms with Gasteiger partial charge in [0.2, 0.25) is 11.7 Å². The molecule has 1 aliphatic carbocycles. The van der Waals surface area contributed by atoms with Gasteiger partial charge in [0.25, 0.3) is 0 Å². The van der Waals surface area contributed by atoms with Crippen molar-refractivity contribution in [3.05, 3.63) is 40.6 Å². The number of nitro groups is 1. The van der Waals surface area contributed by atoms with Crippen LogP contribution in [0.5, 0.6) is 0 Å². The maximum Gasteiger partial charge on any atom is 0.329 e. The van der Waals surface area contributed by atoms with Crippen LogP contribution < -0.4 is 10.6 Å². The van der Waals surface area contributed by atoms with Crippen LogP contribution in [0.2, 0.25) is 0 Å². The number of carbonyl (C=O) groups excluding carboxylic acids is 1. The Balaban J connectivity index is 1.76. The van der Waals surface area contributed by atoms with E-state index in [4.69, 9.17) is 0 Å². The highest BCUT2D eigenvalue weighted by Gasteiger charge is 2.26. The first-order valence-corrected chi connectivity index (χ1v) is 8.16. The summed E-state index contributed by atoms with van der Waals surface area (Å²) in [6.07, 6.45) is 3.22. The highest BCUT2D eigenvalue weighted by Crippen LogP contribution is 2.32. The van der Waals surface area contributed by atoms with E-state index in [0.29, 0.717) is 10.8 Å². The van der Waals surface area contributed by atoms with Crippen molar-refractivity contribution in [2.75, 3.05) is 10.6 Å². The number of benzene rings is 1. The smallest absolute Gasteiger partial charge is 0.329 e. The fourth-order valence-electron chi connectivity index (χ4n) is 1.98. The molecule has 0 unspecified atom stereocenters. The fourth-order valence-corrected chi connectivity index (χ4v) is 2.71. The Bertz CT molecular complexity index is 777. The minimum absolute atomic E-state index is 0.118. The van der Waals surface area contributed by atoms with Crippen molar-refractivity contribution in [3.8, 4) is 0 Å². The summed E-state index contributed by atoms with van der Waals surface area (Å²) >= 11 is 1.30. The molecule has 1 aliphatic rings. The molecule has 8 nitrogen and oxygen atoms in total. The zero-order chi connectivity index (χ0) is 17.1. The van der Waals surface area contributed by atoms with E-state index in [-0.39, 0.29) is 23.5 Å². The Labute approximate surface area is 142 Å². The molecule has 2 aromatic rings. The highest BCUT2D eigenvalue weighted by atomic mass is 32.2. The maximum absolute atomic E-state index is 11.1. The van der Waals surface area contributed by atoms with Crippen LogP contribution in [0.3, 0.4) is 0 Å². The van der Waals surface area contributed by atoms with E-state index < -0.39 is 4.92 Å². The number of rotatable bonds is 6. The minimum atomic E-state index is -0.485. The molecule has 0 radical (unpaired) electrons. The molecule has 0 saturated heterocycles. The first kappa shape index (κ1) is 16.2. The Morgan fingerprint density at radius 2 is 2.04 bits per heavy atom. The molecule has 9 heteroatoms. The van der Waals surface area contributed by atoms with Crippen molar-refractivity contribution in [1.82, 2.24) is 9.97 Å². The van der Waals surface area contributed by atoms with Gasteiger partial charge in [0.1, 0.15) is 6.20 Å². The van der Waals surface area contributed by atoms with E-state index in [2.05, 4.69) is 20.6 Å². The molecule has 0 spiro atoms. The van der Waals surface area contributed by atoms with Gasteiger partial charge in [-0.05, 0) is 48.9 Å². The number of anilines is 2. The third-order valence-electron chi connectivity index (χ3n) is 3.25. The third-order valence-corrected chi connectivity index (χ3v) is 4.13. The number of aromatic nitrogens is 2. The SMILES string of the molecule is CC(=O)Nc1ccc(Sc2ncc([N+](=O)[O-])c(NC3CC3)n2)cc1. The Hall–Kier alpha value is -2.68. The molecule has 1 aromatic heterocycles. The summed E-state index contributed by atoms with van der Waals surface area (Å²) in [5, 5.41) is 17.2. The first-order chi connectivity index (χ1) is 11.5. The second-order valence-electron chi connectivity index (χ2n) is 5.37. The van der Waals surface area contributed by atoms with Gasteiger partial charge in [0, 0.05) is 23.5 Å². The highest BCUT2D eigenvalue weighted by molar-refractivity contribution is 7.99. The number of amides is 1. The van der Waals surface area contributed by atoms with Crippen LogP contribution in [-0.4, -0.2) is 26.8 Å². The lowest BCUT2D eigenvalue weighted by molar-refractivity contribution is -0.384. The monoisotopic (exact) mass is 345 g/mol. The Kier molecular flexibility index (Phi) is 4.61. The summed E-state index contributed by atoms with van der Waals surface area (Å²) in [5.74, 6) is 0.125. The number of hydrogen-bond donors (Lipinski definition) is 2. The molecule has 2 N–H and O–H groups in total. The summed E-state index contributed by atoms with van der Waals surface area (Å²) in [6, 6.07) is 7.47. The fraction of sp³-hybridized carbons (Fsp3) is 0.267. The number of carbonyl (C=O) groups is 1. The average Bonchev–Trinajstić information content (AvgIpc) is 3.33. The van der Waals surface area contributed by atoms with Crippen molar-refractivity contribution in [2.24, 2.45) is 0 Å². The van der Waals surface area contributed by atoms with Gasteiger partial charge in [-0.15, -0.1) is 0 Å². The Morgan fingerprint density at radius 1 is 1.33 bits per heavy atom. The van der Waals surface area contributed by atoms with Crippen LogP contribution >= 0.6 is 11.8 Å². The standard InChI is InChI=1S/C15H15N5O3S/c1-9(21)17-10-4-6-12(7-5-10)24-15-16-8-13(20(22)23)14(19-15)18-11-2-3-11/h4-8,11H,2-3H2,1H3,(H,17,21)(H,16,18,19). The third kappa shape index (κ3) is 4.19. The van der Waals surface area contributed by atoms with E-state index in [1.54, 1.807) is 12.1 Å². The van der Waals surface area contributed by atoms with Crippen molar-refractivity contribution in [2.45, 2.75) is 35.9 Å². The molecular weight excluding hydrogens is 330 g/mol. The molecule has 24 heavy (non-hydrogen) atoms. The first-order valence-electron chi connectivity index (χ1n) is 7.35. The maximum atomic E-state index is 11.1. The van der Waals surface area contributed by atoms with Crippen molar-refractivity contribution in [3.63, 3.8) is 0 Å².